The number of carbonyl (C=O) groups is 1. The van der Waals surface area contributed by atoms with Crippen LogP contribution in [0.4, 0.5) is 9.18 Å². The summed E-state index contributed by atoms with van der Waals surface area (Å²) in [6.45, 7) is 0.225. The number of amides is 2. The van der Waals surface area contributed by atoms with E-state index in [9.17, 15) is 14.4 Å². The van der Waals surface area contributed by atoms with Gasteiger partial charge in [0.1, 0.15) is 17.3 Å². The zero-order valence-corrected chi connectivity index (χ0v) is 16.5. The van der Waals surface area contributed by atoms with Gasteiger partial charge >= 0.3 is 57.4 Å². The van der Waals surface area contributed by atoms with Crippen LogP contribution in [0, 0.1) is 11.7 Å². The third kappa shape index (κ3) is 5.01. The summed E-state index contributed by atoms with van der Waals surface area (Å²) in [7, 11) is 0. The van der Waals surface area contributed by atoms with Crippen LogP contribution in [0.2, 0.25) is 0 Å². The summed E-state index contributed by atoms with van der Waals surface area (Å²) in [6, 6.07) is 12.6. The van der Waals surface area contributed by atoms with Gasteiger partial charge in [0.15, 0.2) is 0 Å². The molecule has 0 unspecified atom stereocenters. The molecule has 3 rings (SSSR count). The zero-order chi connectivity index (χ0) is 16.4. The van der Waals surface area contributed by atoms with Gasteiger partial charge in [-0.3, -0.25) is 5.21 Å². The van der Waals surface area contributed by atoms with E-state index in [2.05, 4.69) is 0 Å². The first-order valence-electron chi connectivity index (χ1n) is 7.32. The minimum atomic E-state index is -0.843. The van der Waals surface area contributed by atoms with Crippen LogP contribution >= 0.6 is 0 Å². The summed E-state index contributed by atoms with van der Waals surface area (Å²) < 4.78 is 18.6. The van der Waals surface area contributed by atoms with Crippen molar-refractivity contribution in [3.05, 3.63) is 59.9 Å². The van der Waals surface area contributed by atoms with Crippen LogP contribution in [-0.2, 0) is 0 Å². The smallest absolute Gasteiger partial charge is 1.00 e. The number of hydrogen-bond acceptors (Lipinski definition) is 3. The van der Waals surface area contributed by atoms with E-state index in [1.165, 1.54) is 12.1 Å². The van der Waals surface area contributed by atoms with Crippen molar-refractivity contribution in [3.8, 4) is 11.5 Å². The van der Waals surface area contributed by atoms with Gasteiger partial charge in [0.05, 0.1) is 6.54 Å². The average Bonchev–Trinajstić information content (AvgIpc) is 3.29. The molecule has 1 aliphatic rings. The Kier molecular flexibility index (Phi) is 6.79. The number of rotatable bonds is 5. The van der Waals surface area contributed by atoms with Gasteiger partial charge in [-0.2, -0.15) is 0 Å². The van der Waals surface area contributed by atoms with Gasteiger partial charge in [-0.15, -0.1) is 0 Å². The number of nitrogens with zero attached hydrogens (tertiary/aromatic N) is 1. The molecule has 7 heteroatoms. The molecule has 0 bridgehead atoms. The second-order valence-electron chi connectivity index (χ2n) is 5.65. The van der Waals surface area contributed by atoms with Crippen LogP contribution in [0.25, 0.3) is 0 Å². The fourth-order valence-corrected chi connectivity index (χ4v) is 2.62. The third-order valence-corrected chi connectivity index (χ3v) is 3.92. The maximum absolute atomic E-state index is 12.9. The molecule has 2 aromatic carbocycles. The standard InChI is InChI=1S/C17H17FN2O3.K.H/c18-13-4-6-14(7-5-13)23-15-3-1-2-11(8-15)16-9-12(16)10-20(22)17(19)21;;/h1-8,12,16,22H,9-10H2,(H2,19,21);;/q;+1;-1/t12-,16-;;/m0../s1. The van der Waals surface area contributed by atoms with Crippen molar-refractivity contribution in [3.63, 3.8) is 0 Å². The second kappa shape index (κ2) is 8.42. The van der Waals surface area contributed by atoms with Gasteiger partial charge in [-0.25, -0.2) is 14.2 Å². The number of benzene rings is 2. The van der Waals surface area contributed by atoms with Crippen molar-refractivity contribution in [1.82, 2.24) is 5.06 Å². The normalized spacial score (nSPS) is 18.4. The Bertz CT molecular complexity index is 717. The summed E-state index contributed by atoms with van der Waals surface area (Å²) in [5, 5.41) is 9.92. The molecule has 2 atom stereocenters. The van der Waals surface area contributed by atoms with E-state index in [-0.39, 0.29) is 77.0 Å². The van der Waals surface area contributed by atoms with Crippen LogP contribution in [0.15, 0.2) is 48.5 Å². The Labute approximate surface area is 183 Å². The van der Waals surface area contributed by atoms with Crippen LogP contribution < -0.4 is 61.9 Å². The first kappa shape index (κ1) is 19.4. The van der Waals surface area contributed by atoms with Gasteiger partial charge in [0.25, 0.3) is 0 Å². The molecule has 0 aliphatic heterocycles. The van der Waals surface area contributed by atoms with Crippen molar-refractivity contribution >= 4 is 6.03 Å². The van der Waals surface area contributed by atoms with Gasteiger partial charge in [0, 0.05) is 0 Å². The molecule has 122 valence electrons. The molecule has 0 radical (unpaired) electrons. The molecule has 0 saturated heterocycles. The maximum atomic E-state index is 12.9. The van der Waals surface area contributed by atoms with Crippen LogP contribution in [0.3, 0.4) is 0 Å². The Hall–Kier alpha value is -0.964. The first-order valence-corrected chi connectivity index (χ1v) is 7.32. The van der Waals surface area contributed by atoms with Crippen molar-refractivity contribution in [2.24, 2.45) is 11.7 Å². The van der Waals surface area contributed by atoms with E-state index in [1.807, 2.05) is 24.3 Å². The monoisotopic (exact) mass is 356 g/mol. The second-order valence-corrected chi connectivity index (χ2v) is 5.65. The number of urea groups is 1. The first-order chi connectivity index (χ1) is 11.0. The molecule has 0 heterocycles. The molecule has 1 saturated carbocycles. The van der Waals surface area contributed by atoms with Crippen molar-refractivity contribution in [2.45, 2.75) is 12.3 Å². The minimum absolute atomic E-state index is 0. The summed E-state index contributed by atoms with van der Waals surface area (Å²) in [5.41, 5.74) is 6.08. The Morgan fingerprint density at radius 1 is 1.29 bits per heavy atom. The molecule has 24 heavy (non-hydrogen) atoms. The van der Waals surface area contributed by atoms with Gasteiger partial charge in [0.2, 0.25) is 0 Å². The van der Waals surface area contributed by atoms with E-state index < -0.39 is 6.03 Å². The van der Waals surface area contributed by atoms with E-state index in [0.717, 1.165) is 12.0 Å². The van der Waals surface area contributed by atoms with Crippen LogP contribution in [-0.4, -0.2) is 22.8 Å². The van der Waals surface area contributed by atoms with Crippen molar-refractivity contribution in [1.29, 1.82) is 0 Å². The molecule has 0 aromatic heterocycles. The summed E-state index contributed by atoms with van der Waals surface area (Å²) >= 11 is 0. The van der Waals surface area contributed by atoms with Gasteiger partial charge in [-0.1, -0.05) is 12.1 Å². The largest absolute Gasteiger partial charge is 1.00 e. The van der Waals surface area contributed by atoms with Gasteiger partial charge < -0.3 is 11.9 Å². The molecule has 1 aliphatic carbocycles. The third-order valence-electron chi connectivity index (χ3n) is 3.92. The molecule has 0 spiro atoms. The summed E-state index contributed by atoms with van der Waals surface area (Å²) in [5.74, 6) is 1.37. The fourth-order valence-electron chi connectivity index (χ4n) is 2.62. The SMILES string of the molecule is NC(=O)N(O)C[C@@H]1C[C@H]1c1cccc(Oc2ccc(F)cc2)c1.[H-].[K+]. The predicted octanol–water partition coefficient (Wildman–Crippen LogP) is 0.608. The minimum Gasteiger partial charge on any atom is -1.00 e. The van der Waals surface area contributed by atoms with Crippen molar-refractivity contribution < 1.29 is 71.9 Å². The average molecular weight is 356 g/mol. The number of hydroxylamine groups is 2. The fraction of sp³-hybridized carbons (Fsp3) is 0.235. The van der Waals surface area contributed by atoms with E-state index in [0.29, 0.717) is 16.6 Å². The van der Waals surface area contributed by atoms with Gasteiger partial charge in [-0.05, 0) is 60.2 Å². The number of ether oxygens (including phenoxy) is 1. The zero-order valence-electron chi connectivity index (χ0n) is 14.4. The predicted molar refractivity (Wildman–Crippen MR) is 83.0 cm³/mol. The van der Waals surface area contributed by atoms with Crippen molar-refractivity contribution in [2.75, 3.05) is 6.54 Å². The number of primary amides is 1. The molecular weight excluding hydrogens is 338 g/mol. The quantitative estimate of drug-likeness (QED) is 0.468. The number of hydrogen-bond donors (Lipinski definition) is 2. The number of halogens is 1. The molecule has 2 aromatic rings. The van der Waals surface area contributed by atoms with Crippen LogP contribution in [0.1, 0.15) is 19.3 Å². The Morgan fingerprint density at radius 2 is 2.00 bits per heavy atom. The topological polar surface area (TPSA) is 75.8 Å². The van der Waals surface area contributed by atoms with Crippen LogP contribution in [0.5, 0.6) is 11.5 Å². The molecular formula is C17H18FKN2O3. The maximum Gasteiger partial charge on any atom is 1.00 e. The number of nitrogens with two attached hydrogens (primary N) is 1. The molecule has 5 nitrogen and oxygen atoms in total. The summed E-state index contributed by atoms with van der Waals surface area (Å²) in [4.78, 5) is 10.8. The van der Waals surface area contributed by atoms with E-state index in [4.69, 9.17) is 10.5 Å². The Morgan fingerprint density at radius 3 is 2.67 bits per heavy atom. The Balaban J connectivity index is 0.00000156. The molecule has 1 fully saturated rings. The van der Waals surface area contributed by atoms with E-state index in [1.54, 1.807) is 12.1 Å². The number of carbonyl (C=O) groups excluding carboxylic acids is 1. The molecule has 3 N–H and O–H groups in total. The molecule has 2 amide bonds. The van der Waals surface area contributed by atoms with E-state index >= 15 is 0 Å². The summed E-state index contributed by atoms with van der Waals surface area (Å²) in [6.07, 6.45) is 0.879.